The van der Waals surface area contributed by atoms with Crippen molar-refractivity contribution in [2.24, 2.45) is 7.05 Å². The summed E-state index contributed by atoms with van der Waals surface area (Å²) in [5, 5.41) is 18.1. The lowest BCUT2D eigenvalue weighted by molar-refractivity contribution is 0.126. The number of aryl methyl sites for hydroxylation is 1. The van der Waals surface area contributed by atoms with E-state index in [9.17, 15) is 5.11 Å². The van der Waals surface area contributed by atoms with Crippen LogP contribution in [-0.4, -0.2) is 37.0 Å². The molecule has 0 atom stereocenters. The van der Waals surface area contributed by atoms with Crippen LogP contribution in [0.3, 0.4) is 0 Å². The van der Waals surface area contributed by atoms with Crippen LogP contribution in [-0.2, 0) is 7.05 Å². The lowest BCUT2D eigenvalue weighted by atomic mass is 9.93. The van der Waals surface area contributed by atoms with E-state index in [1.165, 1.54) is 0 Å². The van der Waals surface area contributed by atoms with E-state index in [1.807, 2.05) is 7.05 Å². The number of aliphatic hydroxyl groups excluding tert-OH is 1. The first-order valence-corrected chi connectivity index (χ1v) is 6.31. The molecule has 0 amide bonds. The summed E-state index contributed by atoms with van der Waals surface area (Å²) in [6.45, 7) is 0. The Bertz CT molecular complexity index is 544. The molecule has 0 radical (unpaired) electrons. The van der Waals surface area contributed by atoms with E-state index in [0.717, 1.165) is 42.5 Å². The van der Waals surface area contributed by atoms with E-state index in [-0.39, 0.29) is 6.10 Å². The molecule has 2 N–H and O–H groups in total. The predicted octanol–water partition coefficient (Wildman–Crippen LogP) is 1.08. The summed E-state index contributed by atoms with van der Waals surface area (Å²) in [6.07, 6.45) is 6.89. The third-order valence-electron chi connectivity index (χ3n) is 3.57. The molecule has 2 heterocycles. The normalized spacial score (nSPS) is 24.3. The molecule has 6 nitrogen and oxygen atoms in total. The van der Waals surface area contributed by atoms with Gasteiger partial charge < -0.3 is 10.4 Å². The van der Waals surface area contributed by atoms with Crippen LogP contribution in [0.4, 0.5) is 5.82 Å². The number of hydrogen-bond acceptors (Lipinski definition) is 5. The maximum absolute atomic E-state index is 9.50. The Labute approximate surface area is 105 Å². The van der Waals surface area contributed by atoms with E-state index >= 15 is 0 Å². The fourth-order valence-corrected chi connectivity index (χ4v) is 2.49. The van der Waals surface area contributed by atoms with E-state index in [2.05, 4.69) is 20.4 Å². The average molecular weight is 247 g/mol. The number of nitrogens with zero attached hydrogens (tertiary/aromatic N) is 4. The molecule has 96 valence electrons. The molecule has 0 spiro atoms. The number of nitrogens with one attached hydrogen (secondary N) is 1. The van der Waals surface area contributed by atoms with Crippen LogP contribution < -0.4 is 5.32 Å². The second-order valence-corrected chi connectivity index (χ2v) is 4.88. The smallest absolute Gasteiger partial charge is 0.163 e. The Kier molecular flexibility index (Phi) is 2.87. The van der Waals surface area contributed by atoms with Crippen molar-refractivity contribution < 1.29 is 5.11 Å². The van der Waals surface area contributed by atoms with Gasteiger partial charge in [-0.05, 0) is 25.7 Å². The number of rotatable bonds is 2. The van der Waals surface area contributed by atoms with Crippen molar-refractivity contribution in [3.63, 3.8) is 0 Å². The van der Waals surface area contributed by atoms with Gasteiger partial charge in [0.05, 0.1) is 17.7 Å². The van der Waals surface area contributed by atoms with E-state index < -0.39 is 0 Å². The Morgan fingerprint density at radius 2 is 2.06 bits per heavy atom. The Balaban J connectivity index is 1.82. The number of aliphatic hydroxyl groups is 1. The maximum Gasteiger partial charge on any atom is 0.163 e. The average Bonchev–Trinajstić information content (AvgIpc) is 2.76. The summed E-state index contributed by atoms with van der Waals surface area (Å²) in [4.78, 5) is 8.51. The fourth-order valence-electron chi connectivity index (χ4n) is 2.49. The molecule has 3 rings (SSSR count). The molecular weight excluding hydrogens is 230 g/mol. The summed E-state index contributed by atoms with van der Waals surface area (Å²) in [7, 11) is 1.87. The van der Waals surface area contributed by atoms with Gasteiger partial charge in [0.25, 0.3) is 0 Å². The van der Waals surface area contributed by atoms with Crippen molar-refractivity contribution >= 4 is 16.9 Å². The number of fused-ring (bicyclic) bond motifs is 1. The highest BCUT2D eigenvalue weighted by Gasteiger charge is 2.20. The molecule has 1 aliphatic rings. The minimum absolute atomic E-state index is 0.133. The molecule has 0 unspecified atom stereocenters. The first-order chi connectivity index (χ1) is 8.74. The van der Waals surface area contributed by atoms with Crippen LogP contribution in [0.15, 0.2) is 12.5 Å². The maximum atomic E-state index is 9.50. The minimum Gasteiger partial charge on any atom is -0.393 e. The van der Waals surface area contributed by atoms with Crippen LogP contribution >= 0.6 is 0 Å². The third kappa shape index (κ3) is 2.03. The zero-order chi connectivity index (χ0) is 12.5. The second kappa shape index (κ2) is 4.53. The fraction of sp³-hybridized carbons (Fsp3) is 0.583. The van der Waals surface area contributed by atoms with E-state index in [1.54, 1.807) is 17.2 Å². The Hall–Kier alpha value is -1.69. The summed E-state index contributed by atoms with van der Waals surface area (Å²) < 4.78 is 1.74. The van der Waals surface area contributed by atoms with Crippen LogP contribution in [0, 0.1) is 0 Å². The lowest BCUT2D eigenvalue weighted by Crippen LogP contribution is -2.28. The van der Waals surface area contributed by atoms with E-state index in [0.29, 0.717) is 6.04 Å². The summed E-state index contributed by atoms with van der Waals surface area (Å²) >= 11 is 0. The number of aromatic nitrogens is 4. The molecule has 0 aromatic carbocycles. The molecule has 1 fully saturated rings. The van der Waals surface area contributed by atoms with Gasteiger partial charge in [0.15, 0.2) is 5.65 Å². The van der Waals surface area contributed by atoms with Gasteiger partial charge in [0, 0.05) is 13.1 Å². The number of hydrogen-bond donors (Lipinski definition) is 2. The molecule has 0 saturated heterocycles. The summed E-state index contributed by atoms with van der Waals surface area (Å²) in [6, 6.07) is 0.381. The van der Waals surface area contributed by atoms with Crippen molar-refractivity contribution in [2.45, 2.75) is 37.8 Å². The Morgan fingerprint density at radius 1 is 1.28 bits per heavy atom. The third-order valence-corrected chi connectivity index (χ3v) is 3.57. The van der Waals surface area contributed by atoms with Gasteiger partial charge >= 0.3 is 0 Å². The molecular formula is C12H17N5O. The van der Waals surface area contributed by atoms with Gasteiger partial charge in [-0.25, -0.2) is 9.97 Å². The predicted molar refractivity (Wildman–Crippen MR) is 68.2 cm³/mol. The summed E-state index contributed by atoms with van der Waals surface area (Å²) in [5.41, 5.74) is 0.836. The first-order valence-electron chi connectivity index (χ1n) is 6.31. The highest BCUT2D eigenvalue weighted by atomic mass is 16.3. The molecule has 1 aliphatic carbocycles. The van der Waals surface area contributed by atoms with Gasteiger partial charge in [0.2, 0.25) is 0 Å². The van der Waals surface area contributed by atoms with Crippen molar-refractivity contribution in [3.8, 4) is 0 Å². The van der Waals surface area contributed by atoms with Crippen LogP contribution in [0.1, 0.15) is 25.7 Å². The highest BCUT2D eigenvalue weighted by Crippen LogP contribution is 2.24. The quantitative estimate of drug-likeness (QED) is 0.830. The molecule has 2 aromatic heterocycles. The zero-order valence-electron chi connectivity index (χ0n) is 10.4. The molecule has 1 saturated carbocycles. The van der Waals surface area contributed by atoms with Crippen LogP contribution in [0.25, 0.3) is 11.0 Å². The first kappa shape index (κ1) is 11.4. The molecule has 6 heteroatoms. The minimum atomic E-state index is -0.133. The highest BCUT2D eigenvalue weighted by molar-refractivity contribution is 5.86. The van der Waals surface area contributed by atoms with Crippen molar-refractivity contribution in [1.82, 2.24) is 19.7 Å². The SMILES string of the molecule is Cn1ncc2c(NC3CCC(O)CC3)ncnc21. The zero-order valence-corrected chi connectivity index (χ0v) is 10.4. The molecule has 0 aliphatic heterocycles. The van der Waals surface area contributed by atoms with E-state index in [4.69, 9.17) is 0 Å². The van der Waals surface area contributed by atoms with Crippen LogP contribution in [0.5, 0.6) is 0 Å². The molecule has 0 bridgehead atoms. The topological polar surface area (TPSA) is 75.9 Å². The summed E-state index contributed by atoms with van der Waals surface area (Å²) in [5.74, 6) is 0.842. The van der Waals surface area contributed by atoms with Crippen molar-refractivity contribution in [2.75, 3.05) is 5.32 Å². The van der Waals surface area contributed by atoms with Gasteiger partial charge in [-0.3, -0.25) is 4.68 Å². The van der Waals surface area contributed by atoms with Gasteiger partial charge in [0.1, 0.15) is 12.1 Å². The van der Waals surface area contributed by atoms with Crippen molar-refractivity contribution in [3.05, 3.63) is 12.5 Å². The number of anilines is 1. The molecule has 2 aromatic rings. The molecule has 18 heavy (non-hydrogen) atoms. The van der Waals surface area contributed by atoms with Gasteiger partial charge in [-0.15, -0.1) is 0 Å². The standard InChI is InChI=1S/C12H17N5O/c1-17-12-10(6-15-17)11(13-7-14-12)16-8-2-4-9(18)5-3-8/h6-9,18H,2-5H2,1H3,(H,13,14,16). The largest absolute Gasteiger partial charge is 0.393 e. The van der Waals surface area contributed by atoms with Crippen LogP contribution in [0.2, 0.25) is 0 Å². The Morgan fingerprint density at radius 3 is 2.83 bits per heavy atom. The lowest BCUT2D eigenvalue weighted by Gasteiger charge is -2.26. The van der Waals surface area contributed by atoms with Gasteiger partial charge in [-0.2, -0.15) is 5.10 Å². The van der Waals surface area contributed by atoms with Gasteiger partial charge in [-0.1, -0.05) is 0 Å². The van der Waals surface area contributed by atoms with Crippen molar-refractivity contribution in [1.29, 1.82) is 0 Å². The monoisotopic (exact) mass is 247 g/mol. The second-order valence-electron chi connectivity index (χ2n) is 4.88.